The van der Waals surface area contributed by atoms with E-state index in [1.165, 1.54) is 4.88 Å². The van der Waals surface area contributed by atoms with Crippen LogP contribution in [-0.4, -0.2) is 92.6 Å². The van der Waals surface area contributed by atoms with Crippen molar-refractivity contribution in [2.24, 2.45) is 5.41 Å². The Kier molecular flexibility index (Phi) is 6.27. The highest BCUT2D eigenvalue weighted by atomic mass is 32.1. The van der Waals surface area contributed by atoms with E-state index < -0.39 is 0 Å². The van der Waals surface area contributed by atoms with Gasteiger partial charge in [0.25, 0.3) is 0 Å². The predicted octanol–water partition coefficient (Wildman–Crippen LogP) is 2.00. The van der Waals surface area contributed by atoms with Gasteiger partial charge in [-0.2, -0.15) is 20.5 Å². The second-order valence-corrected chi connectivity index (χ2v) is 14.4. The van der Waals surface area contributed by atoms with Gasteiger partial charge in [0.1, 0.15) is 22.7 Å². The van der Waals surface area contributed by atoms with E-state index in [1.54, 1.807) is 11.3 Å². The van der Waals surface area contributed by atoms with Crippen LogP contribution < -0.4 is 25.6 Å². The van der Waals surface area contributed by atoms with E-state index in [9.17, 15) is 10.5 Å². The molecule has 220 valence electrons. The quantitative estimate of drug-likeness (QED) is 0.492. The molecule has 11 nitrogen and oxygen atoms in total. The number of ether oxygens (including phenoxy) is 2. The maximum atomic E-state index is 10.5. The maximum Gasteiger partial charge on any atom is 0.320 e. The van der Waals surface area contributed by atoms with Gasteiger partial charge in [-0.05, 0) is 44.1 Å². The number of nitriles is 2. The smallest absolute Gasteiger partial charge is 0.320 e. The number of rotatable bonds is 7. The third-order valence-corrected chi connectivity index (χ3v) is 11.5. The Balaban J connectivity index is 1.09. The van der Waals surface area contributed by atoms with Gasteiger partial charge in [0.15, 0.2) is 11.6 Å². The SMILES string of the molecule is N#Cc1c(N2CC3CC[C@@H](C2)N3)nc(OCC2(CN3CCOCC3)CC2)nc1N1CC2(CCc3sc(N)c(C#N)c32)C1. The highest BCUT2D eigenvalue weighted by Gasteiger charge is 2.52. The number of hydrogen-bond donors (Lipinski definition) is 2. The second-order valence-electron chi connectivity index (χ2n) is 13.2. The number of piperazine rings is 1. The Morgan fingerprint density at radius 2 is 1.69 bits per heavy atom. The van der Waals surface area contributed by atoms with Crippen LogP contribution in [0.5, 0.6) is 6.01 Å². The third kappa shape index (κ3) is 4.39. The summed E-state index contributed by atoms with van der Waals surface area (Å²) < 4.78 is 12.0. The lowest BCUT2D eigenvalue weighted by Crippen LogP contribution is -2.59. The summed E-state index contributed by atoms with van der Waals surface area (Å²) in [6.07, 6.45) is 6.52. The van der Waals surface area contributed by atoms with Gasteiger partial charge in [-0.3, -0.25) is 4.90 Å². The van der Waals surface area contributed by atoms with Crippen molar-refractivity contribution in [3.05, 3.63) is 21.6 Å². The summed E-state index contributed by atoms with van der Waals surface area (Å²) in [4.78, 5) is 18.0. The van der Waals surface area contributed by atoms with Crippen LogP contribution >= 0.6 is 11.3 Å². The van der Waals surface area contributed by atoms with E-state index in [1.807, 2.05) is 0 Å². The molecule has 5 fully saturated rings. The second kappa shape index (κ2) is 9.95. The zero-order chi connectivity index (χ0) is 28.5. The number of anilines is 3. The van der Waals surface area contributed by atoms with Crippen molar-refractivity contribution < 1.29 is 9.47 Å². The van der Waals surface area contributed by atoms with E-state index in [-0.39, 0.29) is 10.8 Å². The summed E-state index contributed by atoms with van der Waals surface area (Å²) in [5, 5.41) is 24.6. The van der Waals surface area contributed by atoms with E-state index in [0.29, 0.717) is 65.6 Å². The predicted molar refractivity (Wildman–Crippen MR) is 159 cm³/mol. The van der Waals surface area contributed by atoms with Gasteiger partial charge >= 0.3 is 6.01 Å². The van der Waals surface area contributed by atoms with Gasteiger partial charge in [0.05, 0.1) is 25.4 Å². The third-order valence-electron chi connectivity index (χ3n) is 10.4. The number of aryl methyl sites for hydroxylation is 1. The van der Waals surface area contributed by atoms with Gasteiger partial charge in [-0.25, -0.2) is 0 Å². The average molecular weight is 588 g/mol. The Labute approximate surface area is 250 Å². The molecule has 0 radical (unpaired) electrons. The Hall–Kier alpha value is -3.16. The fourth-order valence-electron chi connectivity index (χ4n) is 7.96. The largest absolute Gasteiger partial charge is 0.463 e. The first-order chi connectivity index (χ1) is 20.5. The van der Waals surface area contributed by atoms with Gasteiger partial charge in [-0.1, -0.05) is 0 Å². The number of nitrogen functional groups attached to an aromatic ring is 1. The highest BCUT2D eigenvalue weighted by molar-refractivity contribution is 7.16. The van der Waals surface area contributed by atoms with Crippen molar-refractivity contribution >= 4 is 28.0 Å². The number of nitrogens with zero attached hydrogens (tertiary/aromatic N) is 7. The van der Waals surface area contributed by atoms with Crippen LogP contribution in [0.3, 0.4) is 0 Å². The van der Waals surface area contributed by atoms with E-state index in [4.69, 9.17) is 25.2 Å². The number of fused-ring (bicyclic) bond motifs is 4. The molecule has 8 rings (SSSR count). The van der Waals surface area contributed by atoms with Crippen LogP contribution in [-0.2, 0) is 16.6 Å². The summed E-state index contributed by atoms with van der Waals surface area (Å²) in [6, 6.07) is 6.04. The molecule has 2 aromatic heterocycles. The molecule has 2 aliphatic carbocycles. The van der Waals surface area contributed by atoms with Gasteiger partial charge in [-0.15, -0.1) is 11.3 Å². The molecule has 6 heterocycles. The molecule has 2 atom stereocenters. The van der Waals surface area contributed by atoms with Crippen LogP contribution in [0.2, 0.25) is 0 Å². The first-order valence-electron chi connectivity index (χ1n) is 15.3. The van der Waals surface area contributed by atoms with Crippen molar-refractivity contribution in [1.82, 2.24) is 20.2 Å². The van der Waals surface area contributed by atoms with Crippen molar-refractivity contribution in [2.45, 2.75) is 56.0 Å². The lowest BCUT2D eigenvalue weighted by Gasteiger charge is -2.49. The first kappa shape index (κ1) is 26.5. The molecule has 1 unspecified atom stereocenters. The van der Waals surface area contributed by atoms with Gasteiger partial charge in [0.2, 0.25) is 0 Å². The van der Waals surface area contributed by atoms with Gasteiger partial charge in [0, 0.05) is 73.6 Å². The normalized spacial score (nSPS) is 26.9. The maximum absolute atomic E-state index is 10.5. The molecule has 2 bridgehead atoms. The average Bonchev–Trinajstić information content (AvgIpc) is 3.35. The molecular formula is C30H37N9O2S. The molecule has 1 saturated carbocycles. The molecule has 42 heavy (non-hydrogen) atoms. The Morgan fingerprint density at radius 1 is 1.00 bits per heavy atom. The molecular weight excluding hydrogens is 550 g/mol. The Morgan fingerprint density at radius 3 is 2.36 bits per heavy atom. The summed E-state index contributed by atoms with van der Waals surface area (Å²) >= 11 is 1.56. The molecule has 12 heteroatoms. The van der Waals surface area contributed by atoms with Crippen molar-refractivity contribution in [2.75, 3.05) is 81.2 Å². The Bertz CT molecular complexity index is 1470. The van der Waals surface area contributed by atoms with Crippen LogP contribution in [0.1, 0.15) is 53.7 Å². The highest BCUT2D eigenvalue weighted by Crippen LogP contribution is 2.53. The summed E-state index contributed by atoms with van der Waals surface area (Å²) in [5.41, 5.74) is 8.54. The van der Waals surface area contributed by atoms with Crippen LogP contribution in [0.4, 0.5) is 16.6 Å². The van der Waals surface area contributed by atoms with Crippen molar-refractivity contribution in [3.8, 4) is 18.1 Å². The summed E-state index contributed by atoms with van der Waals surface area (Å²) in [5.74, 6) is 1.35. The fourth-order valence-corrected chi connectivity index (χ4v) is 9.10. The van der Waals surface area contributed by atoms with Crippen LogP contribution in [0.25, 0.3) is 0 Å². The standard InChI is InChI=1S/C30H37N9O2S/c31-11-21-24-23(42-25(21)33)3-4-30(24)16-39(17-30)27-22(12-32)26(38-13-19-1-2-20(14-38)34-19)35-28(36-27)41-18-29(5-6-29)15-37-7-9-40-10-8-37/h19-20,34H,1-10,13-18,33H2/t19-,20?/m0/s1. The number of nitrogens with one attached hydrogen (secondary N) is 1. The molecule has 1 spiro atoms. The van der Waals surface area contributed by atoms with Crippen LogP contribution in [0, 0.1) is 28.1 Å². The molecule has 2 aromatic rings. The van der Waals surface area contributed by atoms with Crippen molar-refractivity contribution in [1.29, 1.82) is 10.5 Å². The number of morpholine rings is 1. The van der Waals surface area contributed by atoms with Crippen LogP contribution in [0.15, 0.2) is 0 Å². The molecule has 4 saturated heterocycles. The molecule has 4 aliphatic heterocycles. The number of thiophene rings is 1. The molecule has 0 amide bonds. The topological polar surface area (TPSA) is 140 Å². The zero-order valence-corrected chi connectivity index (χ0v) is 24.7. The minimum absolute atomic E-state index is 0.113. The monoisotopic (exact) mass is 587 g/mol. The minimum atomic E-state index is -0.113. The number of aromatic nitrogens is 2. The minimum Gasteiger partial charge on any atom is -0.463 e. The lowest BCUT2D eigenvalue weighted by molar-refractivity contribution is 0.0231. The summed E-state index contributed by atoms with van der Waals surface area (Å²) in [7, 11) is 0. The fraction of sp³-hybridized carbons (Fsp3) is 0.667. The number of nitrogens with two attached hydrogens (primary N) is 1. The summed E-state index contributed by atoms with van der Waals surface area (Å²) in [6.45, 7) is 8.19. The van der Waals surface area contributed by atoms with E-state index in [2.05, 4.69) is 32.2 Å². The van der Waals surface area contributed by atoms with Gasteiger partial charge < -0.3 is 30.3 Å². The molecule has 3 N–H and O–H groups in total. The molecule has 6 aliphatic rings. The zero-order valence-electron chi connectivity index (χ0n) is 23.9. The van der Waals surface area contributed by atoms with E-state index >= 15 is 0 Å². The van der Waals surface area contributed by atoms with E-state index in [0.717, 1.165) is 90.0 Å². The lowest BCUT2D eigenvalue weighted by atomic mass is 9.74. The number of hydrogen-bond acceptors (Lipinski definition) is 12. The molecule has 0 aromatic carbocycles. The first-order valence-corrected chi connectivity index (χ1v) is 16.1. The van der Waals surface area contributed by atoms with Crippen molar-refractivity contribution in [3.63, 3.8) is 0 Å².